The number of nitrogens with zero attached hydrogens (tertiary/aromatic N) is 1. The molecule has 3 heteroatoms. The zero-order valence-corrected chi connectivity index (χ0v) is 8.16. The second-order valence-electron chi connectivity index (χ2n) is 3.09. The van der Waals surface area contributed by atoms with Crippen LogP contribution in [0.25, 0.3) is 0 Å². The van der Waals surface area contributed by atoms with Crippen molar-refractivity contribution >= 4 is 5.97 Å². The third-order valence-corrected chi connectivity index (χ3v) is 2.18. The Balaban J connectivity index is 3.40. The van der Waals surface area contributed by atoms with E-state index in [-0.39, 0.29) is 5.56 Å². The van der Waals surface area contributed by atoms with Crippen molar-refractivity contribution in [3.8, 4) is 6.07 Å². The molecule has 0 amide bonds. The molecule has 0 heterocycles. The highest BCUT2D eigenvalue weighted by Crippen LogP contribution is 2.16. The molecular formula is C11H11NO2. The number of carboxylic acid groups (broad SMARTS) is 1. The molecule has 1 rings (SSSR count). The predicted molar refractivity (Wildman–Crippen MR) is 52.2 cm³/mol. The average Bonchev–Trinajstić information content (AvgIpc) is 2.16. The number of carboxylic acids is 1. The van der Waals surface area contributed by atoms with Gasteiger partial charge in [0, 0.05) is 0 Å². The number of rotatable bonds is 2. The molecule has 0 aliphatic rings. The molecule has 3 nitrogen and oxygen atoms in total. The first-order chi connectivity index (χ1) is 6.60. The number of aryl methyl sites for hydroxylation is 2. The minimum atomic E-state index is -0.985. The lowest BCUT2D eigenvalue weighted by atomic mass is 9.98. The minimum absolute atomic E-state index is 0.207. The van der Waals surface area contributed by atoms with Crippen LogP contribution in [0.2, 0.25) is 0 Å². The fourth-order valence-electron chi connectivity index (χ4n) is 1.39. The van der Waals surface area contributed by atoms with Crippen molar-refractivity contribution in [3.05, 3.63) is 34.4 Å². The molecule has 0 aliphatic carbocycles. The molecule has 72 valence electrons. The quantitative estimate of drug-likeness (QED) is 0.775. The van der Waals surface area contributed by atoms with Gasteiger partial charge in [-0.15, -0.1) is 0 Å². The van der Waals surface area contributed by atoms with E-state index in [4.69, 9.17) is 10.4 Å². The zero-order chi connectivity index (χ0) is 10.7. The maximum absolute atomic E-state index is 10.8. The van der Waals surface area contributed by atoms with Crippen LogP contribution >= 0.6 is 0 Å². The SMILES string of the molecule is CCc1cc(C)c(C(=O)O)cc1C#N. The molecule has 0 unspecified atom stereocenters. The smallest absolute Gasteiger partial charge is 0.335 e. The summed E-state index contributed by atoms with van der Waals surface area (Å²) >= 11 is 0. The second kappa shape index (κ2) is 3.93. The number of aromatic carboxylic acids is 1. The van der Waals surface area contributed by atoms with Gasteiger partial charge >= 0.3 is 5.97 Å². The van der Waals surface area contributed by atoms with Crippen molar-refractivity contribution in [1.29, 1.82) is 5.26 Å². The molecule has 0 spiro atoms. The van der Waals surface area contributed by atoms with Crippen LogP contribution in [0.5, 0.6) is 0 Å². The molecule has 1 N–H and O–H groups in total. The van der Waals surface area contributed by atoms with E-state index in [2.05, 4.69) is 0 Å². The number of hydrogen-bond acceptors (Lipinski definition) is 2. The van der Waals surface area contributed by atoms with Gasteiger partial charge in [-0.1, -0.05) is 13.0 Å². The van der Waals surface area contributed by atoms with E-state index < -0.39 is 5.97 Å². The Kier molecular flexibility index (Phi) is 2.88. The van der Waals surface area contributed by atoms with Crippen LogP contribution in [0.15, 0.2) is 12.1 Å². The minimum Gasteiger partial charge on any atom is -0.478 e. The van der Waals surface area contributed by atoms with E-state index in [0.717, 1.165) is 12.0 Å². The molecule has 0 aliphatic heterocycles. The second-order valence-corrected chi connectivity index (χ2v) is 3.09. The summed E-state index contributed by atoms with van der Waals surface area (Å²) in [5.74, 6) is -0.985. The van der Waals surface area contributed by atoms with E-state index in [1.165, 1.54) is 6.07 Å². The van der Waals surface area contributed by atoms with Crippen molar-refractivity contribution in [3.63, 3.8) is 0 Å². The maximum Gasteiger partial charge on any atom is 0.335 e. The molecule has 0 saturated heterocycles. The largest absolute Gasteiger partial charge is 0.478 e. The molecule has 0 radical (unpaired) electrons. The molecule has 0 aromatic heterocycles. The summed E-state index contributed by atoms with van der Waals surface area (Å²) in [7, 11) is 0. The summed E-state index contributed by atoms with van der Waals surface area (Å²) in [4.78, 5) is 10.8. The number of nitriles is 1. The first-order valence-corrected chi connectivity index (χ1v) is 4.37. The summed E-state index contributed by atoms with van der Waals surface area (Å²) in [5, 5.41) is 17.6. The van der Waals surface area contributed by atoms with Crippen molar-refractivity contribution < 1.29 is 9.90 Å². The first-order valence-electron chi connectivity index (χ1n) is 4.37. The van der Waals surface area contributed by atoms with Gasteiger partial charge in [0.05, 0.1) is 17.2 Å². The fourth-order valence-corrected chi connectivity index (χ4v) is 1.39. The number of hydrogen-bond donors (Lipinski definition) is 1. The highest BCUT2D eigenvalue weighted by atomic mass is 16.4. The normalized spacial score (nSPS) is 9.50. The van der Waals surface area contributed by atoms with Crippen LogP contribution in [-0.2, 0) is 6.42 Å². The number of carbonyl (C=O) groups is 1. The lowest BCUT2D eigenvalue weighted by Crippen LogP contribution is -2.02. The Bertz CT molecular complexity index is 416. The monoisotopic (exact) mass is 189 g/mol. The lowest BCUT2D eigenvalue weighted by Gasteiger charge is -2.05. The van der Waals surface area contributed by atoms with Crippen LogP contribution in [0.3, 0.4) is 0 Å². The van der Waals surface area contributed by atoms with Crippen LogP contribution in [0.1, 0.15) is 34.0 Å². The highest BCUT2D eigenvalue weighted by Gasteiger charge is 2.10. The van der Waals surface area contributed by atoms with Gasteiger partial charge in [0.15, 0.2) is 0 Å². The van der Waals surface area contributed by atoms with Gasteiger partial charge in [0.25, 0.3) is 0 Å². The average molecular weight is 189 g/mol. The van der Waals surface area contributed by atoms with Gasteiger partial charge in [-0.05, 0) is 30.5 Å². The molecule has 0 atom stereocenters. The Morgan fingerprint density at radius 2 is 2.21 bits per heavy atom. The van der Waals surface area contributed by atoms with Gasteiger partial charge in [0.1, 0.15) is 0 Å². The number of benzene rings is 1. The summed E-state index contributed by atoms with van der Waals surface area (Å²) in [5.41, 5.74) is 2.26. The van der Waals surface area contributed by atoms with Crippen molar-refractivity contribution in [2.24, 2.45) is 0 Å². The van der Waals surface area contributed by atoms with E-state index in [9.17, 15) is 4.79 Å². The van der Waals surface area contributed by atoms with Gasteiger partial charge in [-0.25, -0.2) is 4.79 Å². The summed E-state index contributed by atoms with van der Waals surface area (Å²) in [6, 6.07) is 5.21. The lowest BCUT2D eigenvalue weighted by molar-refractivity contribution is 0.0696. The van der Waals surface area contributed by atoms with E-state index in [0.29, 0.717) is 11.1 Å². The van der Waals surface area contributed by atoms with Crippen LogP contribution < -0.4 is 0 Å². The molecule has 1 aromatic carbocycles. The third kappa shape index (κ3) is 1.74. The standard InChI is InChI=1S/C11H11NO2/c1-3-8-4-7(2)10(11(13)14)5-9(8)6-12/h4-5H,3H2,1-2H3,(H,13,14). The van der Waals surface area contributed by atoms with Gasteiger partial charge < -0.3 is 5.11 Å². The van der Waals surface area contributed by atoms with Crippen LogP contribution in [0, 0.1) is 18.3 Å². The summed E-state index contributed by atoms with van der Waals surface area (Å²) < 4.78 is 0. The molecule has 0 bridgehead atoms. The van der Waals surface area contributed by atoms with E-state index >= 15 is 0 Å². The van der Waals surface area contributed by atoms with Gasteiger partial charge in [-0.2, -0.15) is 5.26 Å². The van der Waals surface area contributed by atoms with Gasteiger partial charge in [-0.3, -0.25) is 0 Å². The predicted octanol–water partition coefficient (Wildman–Crippen LogP) is 2.13. The maximum atomic E-state index is 10.8. The van der Waals surface area contributed by atoms with E-state index in [1.807, 2.05) is 13.0 Å². The van der Waals surface area contributed by atoms with Crippen molar-refractivity contribution in [2.45, 2.75) is 20.3 Å². The molecule has 1 aromatic rings. The van der Waals surface area contributed by atoms with Crippen LogP contribution in [-0.4, -0.2) is 11.1 Å². The Morgan fingerprint density at radius 3 is 2.64 bits per heavy atom. The van der Waals surface area contributed by atoms with Gasteiger partial charge in [0.2, 0.25) is 0 Å². The van der Waals surface area contributed by atoms with Crippen molar-refractivity contribution in [1.82, 2.24) is 0 Å². The first kappa shape index (κ1) is 10.3. The third-order valence-electron chi connectivity index (χ3n) is 2.18. The molecule has 0 fully saturated rings. The Labute approximate surface area is 82.6 Å². The summed E-state index contributed by atoms with van der Waals surface area (Å²) in [6.45, 7) is 3.68. The molecular weight excluding hydrogens is 178 g/mol. The summed E-state index contributed by atoms with van der Waals surface area (Å²) in [6.07, 6.45) is 0.740. The highest BCUT2D eigenvalue weighted by molar-refractivity contribution is 5.90. The zero-order valence-electron chi connectivity index (χ0n) is 8.16. The Morgan fingerprint density at radius 1 is 1.57 bits per heavy atom. The van der Waals surface area contributed by atoms with Crippen molar-refractivity contribution in [2.75, 3.05) is 0 Å². The fraction of sp³-hybridized carbons (Fsp3) is 0.273. The molecule has 0 saturated carbocycles. The van der Waals surface area contributed by atoms with E-state index in [1.54, 1.807) is 13.0 Å². The molecule has 14 heavy (non-hydrogen) atoms. The Hall–Kier alpha value is -1.82. The topological polar surface area (TPSA) is 61.1 Å². The van der Waals surface area contributed by atoms with Crippen LogP contribution in [0.4, 0.5) is 0 Å².